The van der Waals surface area contributed by atoms with Crippen LogP contribution in [0.2, 0.25) is 0 Å². The molecule has 0 aromatic carbocycles. The van der Waals surface area contributed by atoms with Gasteiger partial charge < -0.3 is 9.32 Å². The van der Waals surface area contributed by atoms with Crippen molar-refractivity contribution in [1.29, 1.82) is 0 Å². The summed E-state index contributed by atoms with van der Waals surface area (Å²) in [4.78, 5) is 10.9. The first-order valence-corrected chi connectivity index (χ1v) is 6.82. The number of hydrogen-bond acceptors (Lipinski definition) is 4. The van der Waals surface area contributed by atoms with Gasteiger partial charge in [-0.15, -0.1) is 0 Å². The number of furan rings is 1. The van der Waals surface area contributed by atoms with Crippen LogP contribution in [0.15, 0.2) is 35.2 Å². The first-order valence-electron chi connectivity index (χ1n) is 6.82. The van der Waals surface area contributed by atoms with E-state index in [2.05, 4.69) is 27.9 Å². The molecule has 0 aliphatic carbocycles. The molecule has 1 saturated heterocycles. The van der Waals surface area contributed by atoms with Crippen LogP contribution < -0.4 is 4.90 Å². The van der Waals surface area contributed by atoms with Crippen molar-refractivity contribution in [1.82, 2.24) is 9.97 Å². The van der Waals surface area contributed by atoms with Gasteiger partial charge in [-0.25, -0.2) is 9.97 Å². The van der Waals surface area contributed by atoms with Crippen molar-refractivity contribution in [3.05, 3.63) is 42.2 Å². The summed E-state index contributed by atoms with van der Waals surface area (Å²) >= 11 is 0. The minimum absolute atomic E-state index is 0.285. The predicted molar refractivity (Wildman–Crippen MR) is 74.0 cm³/mol. The van der Waals surface area contributed by atoms with Crippen molar-refractivity contribution in [2.45, 2.75) is 32.7 Å². The molecule has 0 bridgehead atoms. The molecule has 1 fully saturated rings. The highest BCUT2D eigenvalue weighted by Crippen LogP contribution is 2.36. The van der Waals surface area contributed by atoms with E-state index in [-0.39, 0.29) is 6.04 Å². The van der Waals surface area contributed by atoms with Gasteiger partial charge in [0.1, 0.15) is 17.9 Å². The topological polar surface area (TPSA) is 42.2 Å². The third-order valence-electron chi connectivity index (χ3n) is 3.82. The lowest BCUT2D eigenvalue weighted by atomic mass is 9.91. The van der Waals surface area contributed by atoms with Crippen LogP contribution in [0.5, 0.6) is 0 Å². The Morgan fingerprint density at radius 1 is 1.37 bits per heavy atom. The number of rotatable bonds is 2. The van der Waals surface area contributed by atoms with E-state index in [1.54, 1.807) is 12.6 Å². The zero-order valence-electron chi connectivity index (χ0n) is 11.4. The lowest BCUT2D eigenvalue weighted by Gasteiger charge is -2.38. The Kier molecular flexibility index (Phi) is 3.23. The second kappa shape index (κ2) is 5.03. The maximum Gasteiger partial charge on any atom is 0.132 e. The van der Waals surface area contributed by atoms with Crippen LogP contribution >= 0.6 is 0 Å². The first kappa shape index (κ1) is 12.2. The van der Waals surface area contributed by atoms with E-state index < -0.39 is 0 Å². The van der Waals surface area contributed by atoms with Gasteiger partial charge in [0.05, 0.1) is 12.3 Å². The van der Waals surface area contributed by atoms with Gasteiger partial charge >= 0.3 is 0 Å². The Hall–Kier alpha value is -1.84. The van der Waals surface area contributed by atoms with Gasteiger partial charge in [-0.2, -0.15) is 0 Å². The fourth-order valence-electron chi connectivity index (χ4n) is 2.76. The zero-order chi connectivity index (χ0) is 13.2. The van der Waals surface area contributed by atoms with Gasteiger partial charge in [0, 0.05) is 18.3 Å². The molecule has 4 heteroatoms. The molecular formula is C15H19N3O. The minimum Gasteiger partial charge on any atom is -0.467 e. The van der Waals surface area contributed by atoms with E-state index in [0.717, 1.165) is 30.2 Å². The Bertz CT molecular complexity index is 538. The van der Waals surface area contributed by atoms with Gasteiger partial charge in [-0.05, 0) is 37.8 Å². The largest absolute Gasteiger partial charge is 0.467 e. The molecule has 0 radical (unpaired) electrons. The molecule has 2 unspecified atom stereocenters. The SMILES string of the molecule is Cc1cc(N2CCC(C)CC2c2ccco2)ncn1. The van der Waals surface area contributed by atoms with Crippen LogP contribution in [0.4, 0.5) is 5.82 Å². The van der Waals surface area contributed by atoms with E-state index in [4.69, 9.17) is 4.42 Å². The molecule has 3 rings (SSSR count). The third-order valence-corrected chi connectivity index (χ3v) is 3.82. The Balaban J connectivity index is 1.93. The summed E-state index contributed by atoms with van der Waals surface area (Å²) in [7, 11) is 0. The van der Waals surface area contributed by atoms with E-state index in [1.165, 1.54) is 6.42 Å². The molecule has 0 amide bonds. The third kappa shape index (κ3) is 2.48. The molecule has 19 heavy (non-hydrogen) atoms. The fourth-order valence-corrected chi connectivity index (χ4v) is 2.76. The molecule has 1 aliphatic rings. The van der Waals surface area contributed by atoms with Gasteiger partial charge in [-0.1, -0.05) is 6.92 Å². The average Bonchev–Trinajstić information content (AvgIpc) is 2.92. The fraction of sp³-hybridized carbons (Fsp3) is 0.467. The van der Waals surface area contributed by atoms with E-state index in [1.807, 2.05) is 19.1 Å². The van der Waals surface area contributed by atoms with Crippen LogP contribution in [0, 0.1) is 12.8 Å². The maximum atomic E-state index is 5.62. The Morgan fingerprint density at radius 3 is 3.00 bits per heavy atom. The van der Waals surface area contributed by atoms with Crippen molar-refractivity contribution in [3.8, 4) is 0 Å². The highest BCUT2D eigenvalue weighted by molar-refractivity contribution is 5.42. The second-order valence-corrected chi connectivity index (χ2v) is 5.37. The first-order chi connectivity index (χ1) is 9.24. The van der Waals surface area contributed by atoms with E-state index >= 15 is 0 Å². The lowest BCUT2D eigenvalue weighted by Crippen LogP contribution is -2.36. The predicted octanol–water partition coefficient (Wildman–Crippen LogP) is 3.36. The number of hydrogen-bond donors (Lipinski definition) is 0. The van der Waals surface area contributed by atoms with Crippen LogP contribution in [-0.2, 0) is 0 Å². The Labute approximate surface area is 113 Å². The van der Waals surface area contributed by atoms with Crippen molar-refractivity contribution < 1.29 is 4.42 Å². The van der Waals surface area contributed by atoms with Gasteiger partial charge in [0.25, 0.3) is 0 Å². The molecule has 100 valence electrons. The summed E-state index contributed by atoms with van der Waals surface area (Å²) in [5.41, 5.74) is 1.00. The van der Waals surface area contributed by atoms with Crippen LogP contribution in [0.25, 0.3) is 0 Å². The normalized spacial score (nSPS) is 23.6. The standard InChI is InChI=1S/C15H19N3O/c1-11-5-6-18(15-9-12(2)16-10-17-15)13(8-11)14-4-3-7-19-14/h3-4,7,9-11,13H,5-6,8H2,1-2H3. The number of aryl methyl sites for hydroxylation is 1. The summed E-state index contributed by atoms with van der Waals surface area (Å²) in [5, 5.41) is 0. The van der Waals surface area contributed by atoms with Crippen molar-refractivity contribution >= 4 is 5.82 Å². The molecule has 0 spiro atoms. The van der Waals surface area contributed by atoms with Gasteiger partial charge in [0.2, 0.25) is 0 Å². The quantitative estimate of drug-likeness (QED) is 0.827. The highest BCUT2D eigenvalue weighted by atomic mass is 16.3. The van der Waals surface area contributed by atoms with Gasteiger partial charge in [0.15, 0.2) is 0 Å². The van der Waals surface area contributed by atoms with Crippen LogP contribution in [0.3, 0.4) is 0 Å². The smallest absolute Gasteiger partial charge is 0.132 e. The van der Waals surface area contributed by atoms with E-state index in [9.17, 15) is 0 Å². The molecule has 2 atom stereocenters. The number of anilines is 1. The number of aromatic nitrogens is 2. The molecule has 2 aromatic rings. The summed E-state index contributed by atoms with van der Waals surface area (Å²) in [6, 6.07) is 6.35. The summed E-state index contributed by atoms with van der Waals surface area (Å²) in [5.74, 6) is 2.75. The average molecular weight is 257 g/mol. The second-order valence-electron chi connectivity index (χ2n) is 5.37. The monoisotopic (exact) mass is 257 g/mol. The van der Waals surface area contributed by atoms with Crippen LogP contribution in [0.1, 0.15) is 37.3 Å². The summed E-state index contributed by atoms with van der Waals surface area (Å²) in [6.45, 7) is 5.32. The summed E-state index contributed by atoms with van der Waals surface area (Å²) in [6.07, 6.45) is 5.69. The van der Waals surface area contributed by atoms with Crippen LogP contribution in [-0.4, -0.2) is 16.5 Å². The lowest BCUT2D eigenvalue weighted by molar-refractivity contribution is 0.327. The van der Waals surface area contributed by atoms with Crippen molar-refractivity contribution in [3.63, 3.8) is 0 Å². The maximum absolute atomic E-state index is 5.62. The zero-order valence-corrected chi connectivity index (χ0v) is 11.4. The molecule has 1 aliphatic heterocycles. The number of piperidine rings is 1. The molecule has 3 heterocycles. The van der Waals surface area contributed by atoms with Crippen molar-refractivity contribution in [2.75, 3.05) is 11.4 Å². The highest BCUT2D eigenvalue weighted by Gasteiger charge is 2.30. The van der Waals surface area contributed by atoms with Gasteiger partial charge in [-0.3, -0.25) is 0 Å². The molecule has 4 nitrogen and oxygen atoms in total. The minimum atomic E-state index is 0.285. The molecular weight excluding hydrogens is 238 g/mol. The Morgan fingerprint density at radius 2 is 2.26 bits per heavy atom. The molecule has 2 aromatic heterocycles. The van der Waals surface area contributed by atoms with E-state index in [0.29, 0.717) is 5.92 Å². The van der Waals surface area contributed by atoms with Crippen molar-refractivity contribution in [2.24, 2.45) is 5.92 Å². The molecule has 0 saturated carbocycles. The molecule has 0 N–H and O–H groups in total. The number of nitrogens with zero attached hydrogens (tertiary/aromatic N) is 3. The summed E-state index contributed by atoms with van der Waals surface area (Å²) < 4.78 is 5.62.